The lowest BCUT2D eigenvalue weighted by Gasteiger charge is -1.93. The van der Waals surface area contributed by atoms with E-state index in [2.05, 4.69) is 15.3 Å². The van der Waals surface area contributed by atoms with Crippen LogP contribution in [0.1, 0.15) is 10.7 Å². The molecule has 0 saturated heterocycles. The summed E-state index contributed by atoms with van der Waals surface area (Å²) in [5.74, 6) is -1.01. The van der Waals surface area contributed by atoms with Crippen LogP contribution >= 0.6 is 11.3 Å². The number of benzene rings is 1. The molecular formula is C13H10FN5O2S. The zero-order chi connectivity index (χ0) is 15.5. The molecule has 0 radical (unpaired) electrons. The second kappa shape index (κ2) is 6.00. The minimum atomic E-state index is -0.656. The molecule has 0 saturated carbocycles. The molecule has 0 unspecified atom stereocenters. The Morgan fingerprint density at radius 3 is 3.14 bits per heavy atom. The van der Waals surface area contributed by atoms with Crippen LogP contribution in [0.5, 0.6) is 0 Å². The zero-order valence-electron chi connectivity index (χ0n) is 11.1. The lowest BCUT2D eigenvalue weighted by Crippen LogP contribution is -2.14. The minimum absolute atomic E-state index is 0.349. The first-order valence-corrected chi connectivity index (χ1v) is 7.03. The summed E-state index contributed by atoms with van der Waals surface area (Å²) < 4.78 is 15.9. The van der Waals surface area contributed by atoms with Crippen molar-refractivity contribution in [3.05, 3.63) is 47.0 Å². The number of hydrogen-bond acceptors (Lipinski definition) is 6. The Labute approximate surface area is 127 Å². The number of nitrogens with one attached hydrogen (secondary N) is 1. The zero-order valence-corrected chi connectivity index (χ0v) is 11.9. The molecule has 22 heavy (non-hydrogen) atoms. The monoisotopic (exact) mass is 319 g/mol. The number of amides is 1. The third-order valence-corrected chi connectivity index (χ3v) is 3.79. The van der Waals surface area contributed by atoms with Crippen molar-refractivity contribution in [3.8, 4) is 0 Å². The van der Waals surface area contributed by atoms with E-state index >= 15 is 0 Å². The van der Waals surface area contributed by atoms with Crippen LogP contribution in [0.15, 0.2) is 30.5 Å². The fourth-order valence-electron chi connectivity index (χ4n) is 1.83. The Balaban J connectivity index is 1.78. The maximum absolute atomic E-state index is 13.6. The maximum Gasteiger partial charge on any atom is 0.267 e. The molecule has 1 amide bonds. The number of para-hydroxylation sites is 1. The smallest absolute Gasteiger partial charge is 0.267 e. The Morgan fingerprint density at radius 2 is 2.36 bits per heavy atom. The van der Waals surface area contributed by atoms with Crippen molar-refractivity contribution in [1.29, 1.82) is 0 Å². The van der Waals surface area contributed by atoms with Crippen molar-refractivity contribution in [3.63, 3.8) is 0 Å². The first-order chi connectivity index (χ1) is 10.7. The molecule has 112 valence electrons. The molecule has 0 fully saturated rings. The standard InChI is InChI=1S/C13H10FN5O2S/c14-9-2-1-3-10-13(9)15-12(22-10)7-19-6-8(16-18-19)4-5-11(20)17-21/h1-6,21H,7H2,(H,17,20)/b5-4+. The first kappa shape index (κ1) is 14.3. The SMILES string of the molecule is O=C(/C=C/c1cn(Cc2nc3c(F)cccc3s2)nn1)NO. The van der Waals surface area contributed by atoms with Crippen LogP contribution in [0.4, 0.5) is 4.39 Å². The number of hydroxylamine groups is 1. The second-order valence-corrected chi connectivity index (χ2v) is 5.46. The summed E-state index contributed by atoms with van der Waals surface area (Å²) in [6.07, 6.45) is 4.15. The van der Waals surface area contributed by atoms with Gasteiger partial charge in [0.1, 0.15) is 22.0 Å². The van der Waals surface area contributed by atoms with Gasteiger partial charge in [0.25, 0.3) is 5.91 Å². The van der Waals surface area contributed by atoms with E-state index < -0.39 is 5.91 Å². The van der Waals surface area contributed by atoms with Crippen molar-refractivity contribution >= 4 is 33.5 Å². The molecule has 0 aliphatic rings. The largest absolute Gasteiger partial charge is 0.288 e. The van der Waals surface area contributed by atoms with Crippen molar-refractivity contribution in [1.82, 2.24) is 25.5 Å². The Hall–Kier alpha value is -2.65. The molecule has 0 spiro atoms. The van der Waals surface area contributed by atoms with Gasteiger partial charge in [-0.25, -0.2) is 19.5 Å². The van der Waals surface area contributed by atoms with Crippen LogP contribution in [0.3, 0.4) is 0 Å². The molecule has 7 nitrogen and oxygen atoms in total. The molecule has 0 aliphatic heterocycles. The fraction of sp³-hybridized carbons (Fsp3) is 0.0769. The van der Waals surface area contributed by atoms with Crippen molar-refractivity contribution in [2.45, 2.75) is 6.54 Å². The van der Waals surface area contributed by atoms with Gasteiger partial charge in [-0.1, -0.05) is 11.3 Å². The van der Waals surface area contributed by atoms with E-state index in [0.717, 1.165) is 10.8 Å². The van der Waals surface area contributed by atoms with Gasteiger partial charge in [0.05, 0.1) is 17.4 Å². The highest BCUT2D eigenvalue weighted by Gasteiger charge is 2.09. The predicted molar refractivity (Wildman–Crippen MR) is 77.7 cm³/mol. The van der Waals surface area contributed by atoms with Crippen molar-refractivity contribution < 1.29 is 14.4 Å². The average Bonchev–Trinajstić information content (AvgIpc) is 3.12. The summed E-state index contributed by atoms with van der Waals surface area (Å²) in [7, 11) is 0. The summed E-state index contributed by atoms with van der Waals surface area (Å²) in [5.41, 5.74) is 2.28. The number of carbonyl (C=O) groups excluding carboxylic acids is 1. The van der Waals surface area contributed by atoms with E-state index in [1.807, 2.05) is 6.07 Å². The van der Waals surface area contributed by atoms with E-state index in [1.165, 1.54) is 33.6 Å². The molecule has 0 aliphatic carbocycles. The predicted octanol–water partition coefficient (Wildman–Crippen LogP) is 1.59. The molecule has 1 aromatic carbocycles. The van der Waals surface area contributed by atoms with E-state index in [9.17, 15) is 9.18 Å². The van der Waals surface area contributed by atoms with Gasteiger partial charge in [-0.15, -0.1) is 16.4 Å². The molecule has 3 aromatic rings. The summed E-state index contributed by atoms with van der Waals surface area (Å²) in [6.45, 7) is 0.353. The van der Waals surface area contributed by atoms with Gasteiger partial charge >= 0.3 is 0 Å². The lowest BCUT2D eigenvalue weighted by atomic mass is 10.3. The topological polar surface area (TPSA) is 92.9 Å². The van der Waals surface area contributed by atoms with Crippen LogP contribution in [0, 0.1) is 5.82 Å². The number of carbonyl (C=O) groups is 1. The third-order valence-electron chi connectivity index (χ3n) is 2.78. The number of rotatable bonds is 4. The lowest BCUT2D eigenvalue weighted by molar-refractivity contribution is -0.124. The fourth-order valence-corrected chi connectivity index (χ4v) is 2.81. The Morgan fingerprint density at radius 1 is 1.50 bits per heavy atom. The number of thiazole rings is 1. The molecule has 0 atom stereocenters. The third kappa shape index (κ3) is 3.00. The summed E-state index contributed by atoms with van der Waals surface area (Å²) in [5, 5.41) is 16.8. The summed E-state index contributed by atoms with van der Waals surface area (Å²) >= 11 is 1.38. The maximum atomic E-state index is 13.6. The molecule has 3 rings (SSSR count). The van der Waals surface area contributed by atoms with E-state index in [1.54, 1.807) is 12.3 Å². The van der Waals surface area contributed by atoms with Gasteiger partial charge in [-0.3, -0.25) is 10.0 Å². The van der Waals surface area contributed by atoms with E-state index in [0.29, 0.717) is 22.8 Å². The highest BCUT2D eigenvalue weighted by atomic mass is 32.1. The quantitative estimate of drug-likeness (QED) is 0.433. The van der Waals surface area contributed by atoms with Crippen LogP contribution in [-0.2, 0) is 11.3 Å². The number of aromatic nitrogens is 4. The number of hydrogen-bond donors (Lipinski definition) is 2. The van der Waals surface area contributed by atoms with Crippen molar-refractivity contribution in [2.75, 3.05) is 0 Å². The molecule has 2 aromatic heterocycles. The highest BCUT2D eigenvalue weighted by Crippen LogP contribution is 2.24. The van der Waals surface area contributed by atoms with Crippen molar-refractivity contribution in [2.24, 2.45) is 0 Å². The van der Waals surface area contributed by atoms with Crippen LogP contribution in [0.25, 0.3) is 16.3 Å². The van der Waals surface area contributed by atoms with Gasteiger partial charge in [-0.2, -0.15) is 0 Å². The molecule has 0 bridgehead atoms. The summed E-state index contributed by atoms with van der Waals surface area (Å²) in [6, 6.07) is 4.82. The second-order valence-electron chi connectivity index (χ2n) is 4.34. The average molecular weight is 319 g/mol. The Kier molecular flexibility index (Phi) is 3.90. The Bertz CT molecular complexity index is 857. The number of fused-ring (bicyclic) bond motifs is 1. The number of halogens is 1. The summed E-state index contributed by atoms with van der Waals surface area (Å²) in [4.78, 5) is 15.1. The van der Waals surface area contributed by atoms with Gasteiger partial charge in [-0.05, 0) is 18.2 Å². The number of nitrogens with zero attached hydrogens (tertiary/aromatic N) is 4. The van der Waals surface area contributed by atoms with Gasteiger partial charge < -0.3 is 0 Å². The van der Waals surface area contributed by atoms with Gasteiger partial charge in [0.2, 0.25) is 0 Å². The minimum Gasteiger partial charge on any atom is -0.288 e. The van der Waals surface area contributed by atoms with E-state index in [4.69, 9.17) is 5.21 Å². The van der Waals surface area contributed by atoms with Gasteiger partial charge in [0.15, 0.2) is 0 Å². The molecule has 9 heteroatoms. The highest BCUT2D eigenvalue weighted by molar-refractivity contribution is 7.18. The van der Waals surface area contributed by atoms with Crippen LogP contribution < -0.4 is 5.48 Å². The molecule has 2 heterocycles. The molecule has 2 N–H and O–H groups in total. The first-order valence-electron chi connectivity index (χ1n) is 6.22. The van der Waals surface area contributed by atoms with Gasteiger partial charge in [0, 0.05) is 6.08 Å². The van der Waals surface area contributed by atoms with Crippen LogP contribution in [0.2, 0.25) is 0 Å². The molecular weight excluding hydrogens is 309 g/mol. The normalized spacial score (nSPS) is 11.4. The van der Waals surface area contributed by atoms with Crippen LogP contribution in [-0.4, -0.2) is 31.1 Å². The van der Waals surface area contributed by atoms with E-state index in [-0.39, 0.29) is 5.82 Å².